The van der Waals surface area contributed by atoms with E-state index in [9.17, 15) is 9.59 Å². The fourth-order valence-electron chi connectivity index (χ4n) is 2.92. The van der Waals surface area contributed by atoms with Crippen molar-refractivity contribution in [1.82, 2.24) is 10.3 Å². The van der Waals surface area contributed by atoms with Gasteiger partial charge in [0.2, 0.25) is 0 Å². The molecule has 0 spiro atoms. The van der Waals surface area contributed by atoms with Gasteiger partial charge in [0.25, 0.3) is 5.91 Å². The van der Waals surface area contributed by atoms with Crippen molar-refractivity contribution >= 4 is 22.8 Å². The Balaban J connectivity index is 2.47. The molecule has 128 valence electrons. The van der Waals surface area contributed by atoms with Crippen LogP contribution in [0.4, 0.5) is 0 Å². The molecule has 0 fully saturated rings. The fourth-order valence-corrected chi connectivity index (χ4v) is 2.92. The van der Waals surface area contributed by atoms with Gasteiger partial charge in [0.1, 0.15) is 5.54 Å². The number of nitrogens with one attached hydrogen (secondary N) is 1. The molecule has 5 nitrogen and oxygen atoms in total. The third kappa shape index (κ3) is 3.55. The lowest BCUT2D eigenvalue weighted by Gasteiger charge is -2.27. The van der Waals surface area contributed by atoms with Crippen molar-refractivity contribution < 1.29 is 14.3 Å². The maximum absolute atomic E-state index is 12.9. The number of benzene rings is 1. The molecule has 0 bridgehead atoms. The molecule has 24 heavy (non-hydrogen) atoms. The molecule has 1 amide bonds. The third-order valence-electron chi connectivity index (χ3n) is 4.11. The van der Waals surface area contributed by atoms with E-state index >= 15 is 0 Å². The van der Waals surface area contributed by atoms with Gasteiger partial charge < -0.3 is 10.1 Å². The molecule has 0 radical (unpaired) electrons. The Morgan fingerprint density at radius 3 is 2.58 bits per heavy atom. The highest BCUT2D eigenvalue weighted by Crippen LogP contribution is 2.22. The Hall–Kier alpha value is -2.43. The largest absolute Gasteiger partial charge is 0.467 e. The van der Waals surface area contributed by atoms with Crippen LogP contribution in [0.1, 0.15) is 48.3 Å². The van der Waals surface area contributed by atoms with Gasteiger partial charge in [0, 0.05) is 11.1 Å². The summed E-state index contributed by atoms with van der Waals surface area (Å²) in [4.78, 5) is 29.5. The first-order valence-electron chi connectivity index (χ1n) is 8.09. The maximum atomic E-state index is 12.9. The van der Waals surface area contributed by atoms with Gasteiger partial charge in [0.15, 0.2) is 0 Å². The highest BCUT2D eigenvalue weighted by atomic mass is 16.5. The van der Waals surface area contributed by atoms with Crippen molar-refractivity contribution in [3.63, 3.8) is 0 Å². The highest BCUT2D eigenvalue weighted by Gasteiger charge is 2.35. The lowest BCUT2D eigenvalue weighted by molar-refractivity contribution is -0.147. The predicted octanol–water partition coefficient (Wildman–Crippen LogP) is 3.31. The molecule has 1 heterocycles. The minimum atomic E-state index is -1.05. The van der Waals surface area contributed by atoms with E-state index in [-0.39, 0.29) is 5.91 Å². The molecule has 1 aromatic heterocycles. The molecule has 0 aliphatic carbocycles. The Labute approximate surface area is 142 Å². The zero-order valence-corrected chi connectivity index (χ0v) is 14.9. The zero-order chi connectivity index (χ0) is 17.9. The number of esters is 1. The molecule has 1 atom stereocenters. The van der Waals surface area contributed by atoms with Crippen LogP contribution < -0.4 is 5.32 Å². The van der Waals surface area contributed by atoms with Crippen LogP contribution in [-0.4, -0.2) is 29.5 Å². The van der Waals surface area contributed by atoms with Gasteiger partial charge in [-0.2, -0.15) is 0 Å². The smallest absolute Gasteiger partial charge is 0.331 e. The van der Waals surface area contributed by atoms with Crippen molar-refractivity contribution in [2.45, 2.75) is 46.1 Å². The summed E-state index contributed by atoms with van der Waals surface area (Å²) in [6.07, 6.45) is 1.26. The molecule has 0 saturated heterocycles. The van der Waals surface area contributed by atoms with Crippen molar-refractivity contribution in [3.8, 4) is 0 Å². The SMILES string of the molecule is CCCC(C)(NC(=O)c1cc(C)nc2ccc(C)cc12)C(=O)OC. The van der Waals surface area contributed by atoms with Crippen LogP contribution in [0.25, 0.3) is 10.9 Å². The topological polar surface area (TPSA) is 68.3 Å². The van der Waals surface area contributed by atoms with Gasteiger partial charge in [-0.1, -0.05) is 25.0 Å². The van der Waals surface area contributed by atoms with Gasteiger partial charge in [-0.15, -0.1) is 0 Å². The van der Waals surface area contributed by atoms with E-state index in [0.717, 1.165) is 28.6 Å². The van der Waals surface area contributed by atoms with Crippen molar-refractivity contribution in [3.05, 3.63) is 41.1 Å². The number of hydrogen-bond donors (Lipinski definition) is 1. The number of methoxy groups -OCH3 is 1. The van der Waals surface area contributed by atoms with E-state index in [1.807, 2.05) is 39.0 Å². The van der Waals surface area contributed by atoms with Crippen LogP contribution in [0, 0.1) is 13.8 Å². The summed E-state index contributed by atoms with van der Waals surface area (Å²) in [6, 6.07) is 7.55. The minimum Gasteiger partial charge on any atom is -0.467 e. The fraction of sp³-hybridized carbons (Fsp3) is 0.421. The first-order chi connectivity index (χ1) is 11.3. The van der Waals surface area contributed by atoms with Crippen LogP contribution >= 0.6 is 0 Å². The van der Waals surface area contributed by atoms with Gasteiger partial charge >= 0.3 is 5.97 Å². The lowest BCUT2D eigenvalue weighted by atomic mass is 9.95. The lowest BCUT2D eigenvalue weighted by Crippen LogP contribution is -2.52. The van der Waals surface area contributed by atoms with E-state index < -0.39 is 11.5 Å². The number of aromatic nitrogens is 1. The van der Waals surface area contributed by atoms with Gasteiger partial charge in [-0.25, -0.2) is 4.79 Å². The number of fused-ring (bicyclic) bond motifs is 1. The van der Waals surface area contributed by atoms with Crippen molar-refractivity contribution in [2.24, 2.45) is 0 Å². The van der Waals surface area contributed by atoms with E-state index in [1.165, 1.54) is 7.11 Å². The Morgan fingerprint density at radius 2 is 1.96 bits per heavy atom. The summed E-state index contributed by atoms with van der Waals surface area (Å²) in [7, 11) is 1.33. The van der Waals surface area contributed by atoms with Crippen LogP contribution in [0.2, 0.25) is 0 Å². The molecule has 0 aliphatic rings. The summed E-state index contributed by atoms with van der Waals surface area (Å²) in [5, 5.41) is 3.64. The van der Waals surface area contributed by atoms with Gasteiger partial charge in [-0.3, -0.25) is 9.78 Å². The van der Waals surface area contributed by atoms with Crippen LogP contribution in [-0.2, 0) is 9.53 Å². The molecule has 1 N–H and O–H groups in total. The molecule has 2 rings (SSSR count). The van der Waals surface area contributed by atoms with E-state index in [1.54, 1.807) is 13.0 Å². The molecule has 2 aromatic rings. The number of amides is 1. The number of aryl methyl sites for hydroxylation is 2. The second-order valence-corrected chi connectivity index (χ2v) is 6.36. The van der Waals surface area contributed by atoms with E-state index in [0.29, 0.717) is 12.0 Å². The quantitative estimate of drug-likeness (QED) is 0.855. The summed E-state index contributed by atoms with van der Waals surface area (Å²) in [5.74, 6) is -0.735. The second kappa shape index (κ2) is 6.99. The molecule has 1 unspecified atom stereocenters. The summed E-state index contributed by atoms with van der Waals surface area (Å²) in [6.45, 7) is 7.47. The summed E-state index contributed by atoms with van der Waals surface area (Å²) >= 11 is 0. The highest BCUT2D eigenvalue weighted by molar-refractivity contribution is 6.07. The predicted molar refractivity (Wildman–Crippen MR) is 94.0 cm³/mol. The molecule has 1 aromatic carbocycles. The third-order valence-corrected chi connectivity index (χ3v) is 4.11. The average Bonchev–Trinajstić information content (AvgIpc) is 2.53. The minimum absolute atomic E-state index is 0.294. The zero-order valence-electron chi connectivity index (χ0n) is 14.9. The number of nitrogens with zero attached hydrogens (tertiary/aromatic N) is 1. The Kier molecular flexibility index (Phi) is 5.22. The van der Waals surface area contributed by atoms with Gasteiger partial charge in [-0.05, 0) is 45.4 Å². The first kappa shape index (κ1) is 17.9. The molecule has 0 saturated carbocycles. The van der Waals surface area contributed by atoms with Crippen molar-refractivity contribution in [2.75, 3.05) is 7.11 Å². The van der Waals surface area contributed by atoms with Crippen LogP contribution in [0.15, 0.2) is 24.3 Å². The van der Waals surface area contributed by atoms with E-state index in [4.69, 9.17) is 4.74 Å². The van der Waals surface area contributed by atoms with Crippen LogP contribution in [0.5, 0.6) is 0 Å². The number of pyridine rings is 1. The maximum Gasteiger partial charge on any atom is 0.331 e. The Morgan fingerprint density at radius 1 is 1.25 bits per heavy atom. The Bertz CT molecular complexity index is 786. The standard InChI is InChI=1S/C19H24N2O3/c1-6-9-19(4,18(23)24-5)21-17(22)15-11-13(3)20-16-8-7-12(2)10-14(15)16/h7-8,10-11H,6,9H2,1-5H3,(H,21,22). The van der Waals surface area contributed by atoms with Crippen LogP contribution in [0.3, 0.4) is 0 Å². The summed E-state index contributed by atoms with van der Waals surface area (Å²) < 4.78 is 4.87. The molecular formula is C19H24N2O3. The monoisotopic (exact) mass is 328 g/mol. The molecular weight excluding hydrogens is 304 g/mol. The second-order valence-electron chi connectivity index (χ2n) is 6.36. The number of rotatable bonds is 5. The molecule has 0 aliphatic heterocycles. The average molecular weight is 328 g/mol. The number of ether oxygens (including phenoxy) is 1. The number of hydrogen-bond acceptors (Lipinski definition) is 4. The number of carbonyl (C=O) groups excluding carboxylic acids is 2. The number of carbonyl (C=O) groups is 2. The molecule has 5 heteroatoms. The van der Waals surface area contributed by atoms with Crippen molar-refractivity contribution in [1.29, 1.82) is 0 Å². The summed E-state index contributed by atoms with van der Waals surface area (Å²) in [5.41, 5.74) is 2.04. The van der Waals surface area contributed by atoms with E-state index in [2.05, 4.69) is 10.3 Å². The van der Waals surface area contributed by atoms with Gasteiger partial charge in [0.05, 0.1) is 18.2 Å². The first-order valence-corrected chi connectivity index (χ1v) is 8.09. The normalized spacial score (nSPS) is 13.4.